The van der Waals surface area contributed by atoms with Gasteiger partial charge in [-0.15, -0.1) is 10.2 Å². The maximum absolute atomic E-state index is 12.3. The number of hydrogen-bond donors (Lipinski definition) is 1. The summed E-state index contributed by atoms with van der Waals surface area (Å²) >= 11 is 0. The van der Waals surface area contributed by atoms with E-state index in [9.17, 15) is 13.2 Å². The van der Waals surface area contributed by atoms with E-state index >= 15 is 0 Å². The number of hydrogen-bond acceptors (Lipinski definition) is 3. The van der Waals surface area contributed by atoms with E-state index in [0.717, 1.165) is 19.4 Å². The standard InChI is InChI=1S/C7H10F3N3/c8-7(9,10)6(12-13-6)4-5-2-1-3-11-5/h5,11H,1-4H2. The van der Waals surface area contributed by atoms with Crippen molar-refractivity contribution in [2.75, 3.05) is 6.54 Å². The summed E-state index contributed by atoms with van der Waals surface area (Å²) in [5.41, 5.74) is -2.06. The SMILES string of the molecule is FC(F)(F)C1(CC2CCCN2)N=N1. The van der Waals surface area contributed by atoms with Gasteiger partial charge in [0.1, 0.15) is 0 Å². The first-order chi connectivity index (χ1) is 6.04. The maximum Gasteiger partial charge on any atom is 0.437 e. The number of alkyl halides is 3. The zero-order chi connectivity index (χ0) is 9.53. The largest absolute Gasteiger partial charge is 0.437 e. The Labute approximate surface area is 73.4 Å². The van der Waals surface area contributed by atoms with Gasteiger partial charge < -0.3 is 5.32 Å². The average molecular weight is 193 g/mol. The van der Waals surface area contributed by atoms with Crippen LogP contribution in [-0.2, 0) is 0 Å². The lowest BCUT2D eigenvalue weighted by Crippen LogP contribution is -2.38. The molecule has 13 heavy (non-hydrogen) atoms. The Morgan fingerprint density at radius 2 is 2.08 bits per heavy atom. The van der Waals surface area contributed by atoms with Crippen molar-refractivity contribution in [1.82, 2.24) is 5.32 Å². The van der Waals surface area contributed by atoms with Gasteiger partial charge >= 0.3 is 6.18 Å². The Kier molecular flexibility index (Phi) is 1.83. The first kappa shape index (κ1) is 8.93. The van der Waals surface area contributed by atoms with E-state index in [0.29, 0.717) is 0 Å². The van der Waals surface area contributed by atoms with Gasteiger partial charge in [-0.25, -0.2) is 0 Å². The van der Waals surface area contributed by atoms with Gasteiger partial charge in [-0.2, -0.15) is 13.2 Å². The zero-order valence-corrected chi connectivity index (χ0v) is 6.93. The lowest BCUT2D eigenvalue weighted by atomic mass is 10.0. The highest BCUT2D eigenvalue weighted by Gasteiger charge is 2.64. The molecular weight excluding hydrogens is 183 g/mol. The molecule has 0 saturated carbocycles. The molecular formula is C7H10F3N3. The van der Waals surface area contributed by atoms with Crippen LogP contribution in [0.5, 0.6) is 0 Å². The van der Waals surface area contributed by atoms with Crippen molar-refractivity contribution < 1.29 is 13.2 Å². The average Bonchev–Trinajstić information content (AvgIpc) is 2.59. The van der Waals surface area contributed by atoms with Gasteiger partial charge in [0.05, 0.1) is 0 Å². The molecule has 3 nitrogen and oxygen atoms in total. The van der Waals surface area contributed by atoms with Gasteiger partial charge in [-0.1, -0.05) is 0 Å². The monoisotopic (exact) mass is 193 g/mol. The summed E-state index contributed by atoms with van der Waals surface area (Å²) in [6.45, 7) is 0.804. The first-order valence-corrected chi connectivity index (χ1v) is 4.28. The van der Waals surface area contributed by atoms with Crippen LogP contribution in [0.1, 0.15) is 19.3 Å². The second-order valence-electron chi connectivity index (χ2n) is 3.51. The smallest absolute Gasteiger partial charge is 0.314 e. The summed E-state index contributed by atoms with van der Waals surface area (Å²) < 4.78 is 37.0. The van der Waals surface area contributed by atoms with Crippen LogP contribution in [0.15, 0.2) is 10.2 Å². The lowest BCUT2D eigenvalue weighted by Gasteiger charge is -2.18. The van der Waals surface area contributed by atoms with Crippen LogP contribution in [-0.4, -0.2) is 24.4 Å². The predicted octanol–water partition coefficient (Wildman–Crippen LogP) is 1.85. The molecule has 2 aliphatic rings. The first-order valence-electron chi connectivity index (χ1n) is 4.28. The van der Waals surface area contributed by atoms with E-state index in [2.05, 4.69) is 15.5 Å². The van der Waals surface area contributed by atoms with Crippen molar-refractivity contribution in [1.29, 1.82) is 0 Å². The van der Waals surface area contributed by atoms with Gasteiger partial charge in [-0.05, 0) is 19.4 Å². The molecule has 2 rings (SSSR count). The molecule has 1 saturated heterocycles. The highest BCUT2D eigenvalue weighted by Crippen LogP contribution is 2.47. The second-order valence-corrected chi connectivity index (χ2v) is 3.51. The molecule has 2 aliphatic heterocycles. The van der Waals surface area contributed by atoms with E-state index in [1.807, 2.05) is 0 Å². The van der Waals surface area contributed by atoms with Crippen LogP contribution in [0.2, 0.25) is 0 Å². The third-order valence-electron chi connectivity index (χ3n) is 2.49. The van der Waals surface area contributed by atoms with Crippen LogP contribution in [0.3, 0.4) is 0 Å². The van der Waals surface area contributed by atoms with Crippen molar-refractivity contribution >= 4 is 0 Å². The molecule has 0 aromatic rings. The van der Waals surface area contributed by atoms with Crippen LogP contribution < -0.4 is 5.32 Å². The van der Waals surface area contributed by atoms with Crippen LogP contribution in [0, 0.1) is 0 Å². The minimum atomic E-state index is -4.31. The third-order valence-corrected chi connectivity index (χ3v) is 2.49. The van der Waals surface area contributed by atoms with Gasteiger partial charge in [0.2, 0.25) is 0 Å². The Morgan fingerprint density at radius 1 is 1.38 bits per heavy atom. The molecule has 2 heterocycles. The normalized spacial score (nSPS) is 30.8. The highest BCUT2D eigenvalue weighted by atomic mass is 19.4. The quantitative estimate of drug-likeness (QED) is 0.713. The van der Waals surface area contributed by atoms with Gasteiger partial charge in [0, 0.05) is 12.5 Å². The number of nitrogens with zero attached hydrogens (tertiary/aromatic N) is 2. The Balaban J connectivity index is 1.93. The predicted molar refractivity (Wildman–Crippen MR) is 39.3 cm³/mol. The van der Waals surface area contributed by atoms with E-state index in [4.69, 9.17) is 0 Å². The topological polar surface area (TPSA) is 36.8 Å². The minimum Gasteiger partial charge on any atom is -0.314 e. The minimum absolute atomic E-state index is 0.0313. The molecule has 6 heteroatoms. The molecule has 0 bridgehead atoms. The fourth-order valence-corrected chi connectivity index (χ4v) is 1.65. The van der Waals surface area contributed by atoms with Crippen molar-refractivity contribution in [2.45, 2.75) is 37.1 Å². The fraction of sp³-hybridized carbons (Fsp3) is 1.00. The van der Waals surface area contributed by atoms with Crippen LogP contribution in [0.4, 0.5) is 13.2 Å². The van der Waals surface area contributed by atoms with Gasteiger partial charge in [0.25, 0.3) is 5.66 Å². The summed E-state index contributed by atoms with van der Waals surface area (Å²) in [7, 11) is 0. The summed E-state index contributed by atoms with van der Waals surface area (Å²) in [4.78, 5) is 0. The molecule has 74 valence electrons. The fourth-order valence-electron chi connectivity index (χ4n) is 1.65. The highest BCUT2D eigenvalue weighted by molar-refractivity contribution is 5.03. The number of halogens is 3. The van der Waals surface area contributed by atoms with Crippen molar-refractivity contribution in [3.05, 3.63) is 0 Å². The van der Waals surface area contributed by atoms with Crippen LogP contribution >= 0.6 is 0 Å². The molecule has 0 aromatic carbocycles. The summed E-state index contributed by atoms with van der Waals surface area (Å²) in [5.74, 6) is 0. The molecule has 0 aliphatic carbocycles. The van der Waals surface area contributed by atoms with Gasteiger partial charge in [-0.3, -0.25) is 0 Å². The summed E-state index contributed by atoms with van der Waals surface area (Å²) in [5, 5.41) is 9.26. The molecule has 0 aromatic heterocycles. The van der Waals surface area contributed by atoms with Crippen molar-refractivity contribution in [3.63, 3.8) is 0 Å². The molecule has 1 N–H and O–H groups in total. The molecule has 0 spiro atoms. The van der Waals surface area contributed by atoms with E-state index in [1.54, 1.807) is 0 Å². The molecule has 0 radical (unpaired) electrons. The van der Waals surface area contributed by atoms with E-state index in [1.165, 1.54) is 0 Å². The summed E-state index contributed by atoms with van der Waals surface area (Å²) in [6, 6.07) is -0.0726. The van der Waals surface area contributed by atoms with Crippen molar-refractivity contribution in [2.24, 2.45) is 10.2 Å². The molecule has 1 fully saturated rings. The van der Waals surface area contributed by atoms with Crippen molar-refractivity contribution in [3.8, 4) is 0 Å². The Hall–Kier alpha value is -0.650. The Morgan fingerprint density at radius 3 is 2.46 bits per heavy atom. The third kappa shape index (κ3) is 1.54. The maximum atomic E-state index is 12.3. The van der Waals surface area contributed by atoms with Gasteiger partial charge in [0.15, 0.2) is 0 Å². The molecule has 1 atom stereocenters. The van der Waals surface area contributed by atoms with E-state index in [-0.39, 0.29) is 12.5 Å². The van der Waals surface area contributed by atoms with Crippen LogP contribution in [0.25, 0.3) is 0 Å². The molecule has 0 amide bonds. The second kappa shape index (κ2) is 2.67. The number of rotatable bonds is 2. The summed E-state index contributed by atoms with van der Waals surface area (Å²) in [6.07, 6.45) is -2.60. The lowest BCUT2D eigenvalue weighted by molar-refractivity contribution is -0.166. The zero-order valence-electron chi connectivity index (χ0n) is 6.93. The molecule has 1 unspecified atom stereocenters. The van der Waals surface area contributed by atoms with E-state index < -0.39 is 11.8 Å². The number of nitrogens with one attached hydrogen (secondary N) is 1. The Bertz CT molecular complexity index is 224.